The first-order valence-electron chi connectivity index (χ1n) is 5.63. The van der Waals surface area contributed by atoms with Gasteiger partial charge in [0.2, 0.25) is 11.5 Å². The van der Waals surface area contributed by atoms with E-state index < -0.39 is 11.2 Å². The zero-order valence-electron chi connectivity index (χ0n) is 10.8. The Kier molecular flexibility index (Phi) is 2.84. The molecule has 98 valence electrons. The van der Waals surface area contributed by atoms with Crippen LogP contribution < -0.4 is 0 Å². The first kappa shape index (κ1) is 13.2. The van der Waals surface area contributed by atoms with E-state index in [4.69, 9.17) is 0 Å². The molecule has 0 radical (unpaired) electrons. The molecule has 0 spiro atoms. The van der Waals surface area contributed by atoms with Gasteiger partial charge in [-0.3, -0.25) is 4.79 Å². The number of thiophene rings is 1. The molecule has 0 fully saturated rings. The van der Waals surface area contributed by atoms with Crippen LogP contribution in [0, 0.1) is 5.21 Å². The number of carbonyl (C=O) groups excluding carboxylic acids is 1. The first-order chi connectivity index (χ1) is 8.24. The van der Waals surface area contributed by atoms with Gasteiger partial charge in [0.05, 0.1) is 4.88 Å². The van der Waals surface area contributed by atoms with Gasteiger partial charge in [0.25, 0.3) is 0 Å². The molecule has 1 atom stereocenters. The van der Waals surface area contributed by atoms with E-state index >= 15 is 0 Å². The van der Waals surface area contributed by atoms with Gasteiger partial charge in [-0.15, -0.1) is 16.4 Å². The van der Waals surface area contributed by atoms with Gasteiger partial charge in [-0.05, 0) is 25.3 Å². The van der Waals surface area contributed by atoms with Crippen LogP contribution in [0.25, 0.3) is 0 Å². The molecular formula is C12H16N2O3S. The van der Waals surface area contributed by atoms with E-state index in [0.29, 0.717) is 10.5 Å². The summed E-state index contributed by atoms with van der Waals surface area (Å²) in [7, 11) is 0. The van der Waals surface area contributed by atoms with Crippen LogP contribution in [0.4, 0.5) is 0 Å². The first-order valence-corrected chi connectivity index (χ1v) is 6.51. The molecule has 1 aromatic heterocycles. The van der Waals surface area contributed by atoms with Crippen molar-refractivity contribution in [1.82, 2.24) is 5.06 Å². The summed E-state index contributed by atoms with van der Waals surface area (Å²) in [6, 6.07) is 3.65. The lowest BCUT2D eigenvalue weighted by atomic mass is 9.97. The number of hydrogen-bond acceptors (Lipinski definition) is 5. The van der Waals surface area contributed by atoms with E-state index in [1.807, 2.05) is 17.5 Å². The van der Waals surface area contributed by atoms with E-state index in [1.165, 1.54) is 25.2 Å². The Morgan fingerprint density at radius 1 is 1.50 bits per heavy atom. The zero-order chi connectivity index (χ0) is 13.7. The third-order valence-corrected chi connectivity index (χ3v) is 4.42. The van der Waals surface area contributed by atoms with Gasteiger partial charge in [0.1, 0.15) is 5.54 Å². The monoisotopic (exact) mass is 268 g/mol. The van der Waals surface area contributed by atoms with Crippen molar-refractivity contribution < 1.29 is 14.7 Å². The van der Waals surface area contributed by atoms with Gasteiger partial charge in [-0.25, -0.2) is 0 Å². The van der Waals surface area contributed by atoms with Crippen molar-refractivity contribution in [3.05, 3.63) is 27.6 Å². The average molecular weight is 268 g/mol. The average Bonchev–Trinajstić information content (AvgIpc) is 2.83. The lowest BCUT2D eigenvalue weighted by molar-refractivity contribution is -0.565. The Hall–Kier alpha value is -1.24. The molecule has 1 aliphatic heterocycles. The molecule has 5 nitrogen and oxygen atoms in total. The van der Waals surface area contributed by atoms with E-state index in [1.54, 1.807) is 13.8 Å². The van der Waals surface area contributed by atoms with Crippen molar-refractivity contribution in [3.8, 4) is 0 Å². The standard InChI is InChI=1S/C12H16N2O3S/c1-8(15)12(4)13(16)10(9-6-5-7-18-9)11(2,3)14(12)17/h5-7,17H,1-4H3/t12-/m0/s1. The summed E-state index contributed by atoms with van der Waals surface area (Å²) in [5.41, 5.74) is -2.06. The minimum atomic E-state index is -1.57. The van der Waals surface area contributed by atoms with Crippen LogP contribution in [0.15, 0.2) is 17.5 Å². The number of ketones is 1. The second kappa shape index (κ2) is 3.88. The highest BCUT2D eigenvalue weighted by atomic mass is 32.1. The Bertz CT molecular complexity index is 521. The maximum absolute atomic E-state index is 12.5. The zero-order valence-corrected chi connectivity index (χ0v) is 11.6. The largest absolute Gasteiger partial charge is 0.622 e. The van der Waals surface area contributed by atoms with Gasteiger partial charge in [-0.1, -0.05) is 6.07 Å². The fraction of sp³-hybridized carbons (Fsp3) is 0.500. The highest BCUT2D eigenvalue weighted by Crippen LogP contribution is 2.36. The number of hydrogen-bond donors (Lipinski definition) is 1. The number of nitrogens with zero attached hydrogens (tertiary/aromatic N) is 2. The van der Waals surface area contributed by atoms with Crippen molar-refractivity contribution in [2.24, 2.45) is 0 Å². The van der Waals surface area contributed by atoms with Crippen LogP contribution in [0.3, 0.4) is 0 Å². The maximum atomic E-state index is 12.5. The second-order valence-corrected chi connectivity index (χ2v) is 6.02. The molecule has 0 amide bonds. The van der Waals surface area contributed by atoms with Crippen LogP contribution in [-0.4, -0.2) is 37.7 Å². The predicted molar refractivity (Wildman–Crippen MR) is 68.8 cm³/mol. The van der Waals surface area contributed by atoms with Gasteiger partial charge in [-0.2, -0.15) is 4.74 Å². The molecule has 2 rings (SSSR count). The smallest absolute Gasteiger partial charge is 0.307 e. The molecule has 0 saturated heterocycles. The molecule has 1 aromatic rings. The molecular weight excluding hydrogens is 252 g/mol. The van der Waals surface area contributed by atoms with Crippen molar-refractivity contribution >= 4 is 22.8 Å². The Labute approximate surface area is 110 Å². The fourth-order valence-corrected chi connectivity index (χ4v) is 3.21. The Balaban J connectivity index is 2.69. The van der Waals surface area contributed by atoms with Crippen molar-refractivity contribution in [2.45, 2.75) is 38.9 Å². The van der Waals surface area contributed by atoms with Crippen LogP contribution in [0.1, 0.15) is 32.6 Å². The predicted octanol–water partition coefficient (Wildman–Crippen LogP) is 1.84. The minimum absolute atomic E-state index is 0.389. The maximum Gasteiger partial charge on any atom is 0.307 e. The summed E-state index contributed by atoms with van der Waals surface area (Å²) < 4.78 is 0.626. The molecule has 0 unspecified atom stereocenters. The molecule has 0 aromatic carbocycles. The van der Waals surface area contributed by atoms with Crippen LogP contribution in [-0.2, 0) is 4.79 Å². The summed E-state index contributed by atoms with van der Waals surface area (Å²) in [6.45, 7) is 6.19. The van der Waals surface area contributed by atoms with Crippen molar-refractivity contribution in [3.63, 3.8) is 0 Å². The highest BCUT2D eigenvalue weighted by Gasteiger charge is 2.62. The molecule has 6 heteroatoms. The van der Waals surface area contributed by atoms with E-state index in [-0.39, 0.29) is 5.78 Å². The van der Waals surface area contributed by atoms with Crippen molar-refractivity contribution in [1.29, 1.82) is 0 Å². The summed E-state index contributed by atoms with van der Waals surface area (Å²) in [5, 5.41) is 25.4. The lowest BCUT2D eigenvalue weighted by Crippen LogP contribution is -2.57. The number of hydroxylamine groups is 3. The van der Waals surface area contributed by atoms with Crippen LogP contribution in [0.5, 0.6) is 0 Å². The third kappa shape index (κ3) is 1.46. The molecule has 0 saturated carbocycles. The number of carbonyl (C=O) groups is 1. The van der Waals surface area contributed by atoms with Crippen LogP contribution >= 0.6 is 11.3 Å². The minimum Gasteiger partial charge on any atom is -0.622 e. The van der Waals surface area contributed by atoms with E-state index in [9.17, 15) is 15.2 Å². The van der Waals surface area contributed by atoms with E-state index in [0.717, 1.165) is 9.94 Å². The molecule has 2 heterocycles. The Morgan fingerprint density at radius 2 is 2.11 bits per heavy atom. The van der Waals surface area contributed by atoms with Gasteiger partial charge in [0, 0.05) is 13.8 Å². The topological polar surface area (TPSA) is 66.6 Å². The van der Waals surface area contributed by atoms with Gasteiger partial charge >= 0.3 is 5.66 Å². The van der Waals surface area contributed by atoms with E-state index in [2.05, 4.69) is 0 Å². The molecule has 0 bridgehead atoms. The summed E-state index contributed by atoms with van der Waals surface area (Å²) >= 11 is 1.41. The third-order valence-electron chi connectivity index (χ3n) is 3.54. The quantitative estimate of drug-likeness (QED) is 0.656. The van der Waals surface area contributed by atoms with Crippen LogP contribution in [0.2, 0.25) is 0 Å². The normalized spacial score (nSPS) is 27.8. The fourth-order valence-electron chi connectivity index (χ4n) is 2.30. The van der Waals surface area contributed by atoms with Crippen molar-refractivity contribution in [2.75, 3.05) is 0 Å². The summed E-state index contributed by atoms with van der Waals surface area (Å²) in [6.07, 6.45) is 0. The summed E-state index contributed by atoms with van der Waals surface area (Å²) in [5.74, 6) is -0.389. The molecule has 1 N–H and O–H groups in total. The van der Waals surface area contributed by atoms with Gasteiger partial charge < -0.3 is 10.4 Å². The number of rotatable bonds is 2. The molecule has 0 aliphatic carbocycles. The lowest BCUT2D eigenvalue weighted by Gasteiger charge is -2.30. The van der Waals surface area contributed by atoms with Gasteiger partial charge in [0.15, 0.2) is 0 Å². The highest BCUT2D eigenvalue weighted by molar-refractivity contribution is 7.12. The summed E-state index contributed by atoms with van der Waals surface area (Å²) in [4.78, 5) is 12.5. The number of Topliss-reactive ketones (excluding diaryl/α,β-unsaturated/α-hetero) is 1. The molecule has 18 heavy (non-hydrogen) atoms. The SMILES string of the molecule is CC(=O)[C@]1(C)N(O)C(C)(C)C(c2cccs2)=[N+]1[O-]. The molecule has 1 aliphatic rings. The second-order valence-electron chi connectivity index (χ2n) is 5.07. The Morgan fingerprint density at radius 3 is 2.50 bits per heavy atom.